The summed E-state index contributed by atoms with van der Waals surface area (Å²) in [7, 11) is 0. The number of halogens is 1. The maximum Gasteiger partial charge on any atom is 0.410 e. The van der Waals surface area contributed by atoms with Crippen LogP contribution in [-0.2, 0) is 11.2 Å². The molecule has 1 aromatic rings. The van der Waals surface area contributed by atoms with Crippen LogP contribution in [-0.4, -0.2) is 39.1 Å². The number of aryl methyl sites for hydroxylation is 1. The summed E-state index contributed by atoms with van der Waals surface area (Å²) in [5.41, 5.74) is 0.510. The Bertz CT molecular complexity index is 485. The topological polar surface area (TPSA) is 55.3 Å². The van der Waals surface area contributed by atoms with E-state index in [0.29, 0.717) is 0 Å². The second kappa shape index (κ2) is 6.73. The summed E-state index contributed by atoms with van der Waals surface area (Å²) in [6.07, 6.45) is 7.07. The van der Waals surface area contributed by atoms with Crippen LogP contribution in [0, 0.1) is 0 Å². The molecule has 6 heteroatoms. The molecule has 0 bridgehead atoms. The summed E-state index contributed by atoms with van der Waals surface area (Å²) in [6, 6.07) is 0.241. The molecule has 0 spiro atoms. The van der Waals surface area contributed by atoms with Gasteiger partial charge in [0.25, 0.3) is 0 Å². The number of ether oxygens (including phenoxy) is 1. The van der Waals surface area contributed by atoms with Crippen LogP contribution >= 0.6 is 15.9 Å². The van der Waals surface area contributed by atoms with Gasteiger partial charge in [-0.3, -0.25) is 4.98 Å². The minimum Gasteiger partial charge on any atom is -0.444 e. The van der Waals surface area contributed by atoms with E-state index >= 15 is 0 Å². The van der Waals surface area contributed by atoms with Crippen molar-refractivity contribution in [2.75, 3.05) is 6.54 Å². The lowest BCUT2D eigenvalue weighted by atomic mass is 10.1. The van der Waals surface area contributed by atoms with Gasteiger partial charge in [0.15, 0.2) is 0 Å². The molecule has 0 saturated carbocycles. The van der Waals surface area contributed by atoms with Gasteiger partial charge in [-0.1, -0.05) is 0 Å². The Labute approximate surface area is 134 Å². The number of nitrogens with zero attached hydrogens (tertiary/aromatic N) is 3. The lowest BCUT2D eigenvalue weighted by molar-refractivity contribution is 0.0220. The van der Waals surface area contributed by atoms with Gasteiger partial charge in [0.2, 0.25) is 0 Å². The summed E-state index contributed by atoms with van der Waals surface area (Å²) in [6.45, 7) is 6.47. The molecule has 0 N–H and O–H groups in total. The third-order valence-corrected chi connectivity index (χ3v) is 3.82. The third kappa shape index (κ3) is 4.95. The Morgan fingerprint density at radius 3 is 2.81 bits per heavy atom. The zero-order valence-electron chi connectivity index (χ0n) is 12.8. The SMILES string of the molecule is CC(C)(C)OC(=O)N1CCC[C@H]1CCc1cnc(Br)cn1. The minimum absolute atomic E-state index is 0.202. The first-order chi connectivity index (χ1) is 9.85. The maximum absolute atomic E-state index is 12.2. The van der Waals surface area contributed by atoms with E-state index in [1.54, 1.807) is 12.4 Å². The summed E-state index contributed by atoms with van der Waals surface area (Å²) >= 11 is 3.28. The molecule has 1 aliphatic heterocycles. The van der Waals surface area contributed by atoms with E-state index in [9.17, 15) is 4.79 Å². The van der Waals surface area contributed by atoms with Gasteiger partial charge in [-0.2, -0.15) is 0 Å². The van der Waals surface area contributed by atoms with Crippen LogP contribution in [0.3, 0.4) is 0 Å². The average Bonchev–Trinajstić information content (AvgIpc) is 2.84. The van der Waals surface area contributed by atoms with Crippen molar-refractivity contribution in [3.8, 4) is 0 Å². The maximum atomic E-state index is 12.2. The highest BCUT2D eigenvalue weighted by molar-refractivity contribution is 9.10. The fourth-order valence-corrected chi connectivity index (χ4v) is 2.68. The van der Waals surface area contributed by atoms with Crippen molar-refractivity contribution >= 4 is 22.0 Å². The second-order valence-electron chi connectivity index (χ2n) is 6.34. The first kappa shape index (κ1) is 16.2. The Balaban J connectivity index is 1.90. The molecular formula is C15H22BrN3O2. The first-order valence-electron chi connectivity index (χ1n) is 7.31. The molecular weight excluding hydrogens is 334 g/mol. The van der Waals surface area contributed by atoms with Crippen LogP contribution in [0.1, 0.15) is 45.7 Å². The minimum atomic E-state index is -0.443. The van der Waals surface area contributed by atoms with Crippen molar-refractivity contribution < 1.29 is 9.53 Å². The van der Waals surface area contributed by atoms with Gasteiger partial charge < -0.3 is 9.64 Å². The Kier molecular flexibility index (Phi) is 5.19. The van der Waals surface area contributed by atoms with E-state index in [-0.39, 0.29) is 12.1 Å². The zero-order chi connectivity index (χ0) is 15.5. The van der Waals surface area contributed by atoms with Gasteiger partial charge >= 0.3 is 6.09 Å². The van der Waals surface area contributed by atoms with Gasteiger partial charge in [0.1, 0.15) is 10.2 Å². The van der Waals surface area contributed by atoms with Crippen molar-refractivity contribution in [1.29, 1.82) is 0 Å². The van der Waals surface area contributed by atoms with E-state index in [4.69, 9.17) is 4.74 Å². The van der Waals surface area contributed by atoms with E-state index < -0.39 is 5.60 Å². The molecule has 1 aromatic heterocycles. The van der Waals surface area contributed by atoms with E-state index in [0.717, 1.165) is 42.5 Å². The predicted octanol–water partition coefficient (Wildman–Crippen LogP) is 3.57. The standard InChI is InChI=1S/C15H22BrN3O2/c1-15(2,3)21-14(20)19-8-4-5-12(19)7-6-11-9-18-13(16)10-17-11/h9-10,12H,4-8H2,1-3H3/t12-/m0/s1. The third-order valence-electron chi connectivity index (χ3n) is 3.41. The smallest absolute Gasteiger partial charge is 0.410 e. The largest absolute Gasteiger partial charge is 0.444 e. The number of hydrogen-bond acceptors (Lipinski definition) is 4. The van der Waals surface area contributed by atoms with Crippen LogP contribution in [0.15, 0.2) is 17.0 Å². The first-order valence-corrected chi connectivity index (χ1v) is 8.10. The zero-order valence-corrected chi connectivity index (χ0v) is 14.4. The molecule has 0 aromatic carbocycles. The summed E-state index contributed by atoms with van der Waals surface area (Å²) in [4.78, 5) is 22.6. The number of amides is 1. The van der Waals surface area contributed by atoms with Crippen molar-refractivity contribution in [3.05, 3.63) is 22.7 Å². The van der Waals surface area contributed by atoms with E-state index in [2.05, 4.69) is 25.9 Å². The molecule has 0 radical (unpaired) electrons. The molecule has 2 heterocycles. The number of carbonyl (C=O) groups excluding carboxylic acids is 1. The number of hydrogen-bond donors (Lipinski definition) is 0. The van der Waals surface area contributed by atoms with Crippen LogP contribution in [0.25, 0.3) is 0 Å². The van der Waals surface area contributed by atoms with Gasteiger partial charge in [0, 0.05) is 18.8 Å². The molecule has 1 fully saturated rings. The Morgan fingerprint density at radius 2 is 2.19 bits per heavy atom. The van der Waals surface area contributed by atoms with Crippen molar-refractivity contribution in [2.45, 2.75) is 58.1 Å². The van der Waals surface area contributed by atoms with Gasteiger partial charge in [0.05, 0.1) is 11.9 Å². The quantitative estimate of drug-likeness (QED) is 0.831. The average molecular weight is 356 g/mol. The van der Waals surface area contributed by atoms with Crippen LogP contribution in [0.4, 0.5) is 4.79 Å². The van der Waals surface area contributed by atoms with Crippen molar-refractivity contribution in [1.82, 2.24) is 14.9 Å². The highest BCUT2D eigenvalue weighted by Crippen LogP contribution is 2.24. The predicted molar refractivity (Wildman–Crippen MR) is 84.0 cm³/mol. The number of aromatic nitrogens is 2. The van der Waals surface area contributed by atoms with E-state index in [1.165, 1.54) is 0 Å². The molecule has 0 unspecified atom stereocenters. The number of rotatable bonds is 3. The Morgan fingerprint density at radius 1 is 1.43 bits per heavy atom. The molecule has 1 atom stereocenters. The molecule has 0 aliphatic carbocycles. The normalized spacial score (nSPS) is 18.9. The number of carbonyl (C=O) groups is 1. The van der Waals surface area contributed by atoms with Crippen molar-refractivity contribution in [2.24, 2.45) is 0 Å². The fraction of sp³-hybridized carbons (Fsp3) is 0.667. The highest BCUT2D eigenvalue weighted by atomic mass is 79.9. The van der Waals surface area contributed by atoms with Crippen LogP contribution in [0.5, 0.6) is 0 Å². The molecule has 21 heavy (non-hydrogen) atoms. The van der Waals surface area contributed by atoms with Gasteiger partial charge in [-0.05, 0) is 62.4 Å². The molecule has 1 amide bonds. The lowest BCUT2D eigenvalue weighted by Crippen LogP contribution is -2.40. The van der Waals surface area contributed by atoms with E-state index in [1.807, 2.05) is 25.7 Å². The second-order valence-corrected chi connectivity index (χ2v) is 7.15. The van der Waals surface area contributed by atoms with Crippen LogP contribution < -0.4 is 0 Å². The summed E-state index contributed by atoms with van der Waals surface area (Å²) in [5, 5.41) is 0. The highest BCUT2D eigenvalue weighted by Gasteiger charge is 2.31. The molecule has 2 rings (SSSR count). The summed E-state index contributed by atoms with van der Waals surface area (Å²) < 4.78 is 6.21. The number of likely N-dealkylation sites (tertiary alicyclic amines) is 1. The molecule has 116 valence electrons. The lowest BCUT2D eigenvalue weighted by Gasteiger charge is -2.28. The molecule has 1 aliphatic rings. The van der Waals surface area contributed by atoms with Gasteiger partial charge in [-0.15, -0.1) is 0 Å². The van der Waals surface area contributed by atoms with Crippen LogP contribution in [0.2, 0.25) is 0 Å². The monoisotopic (exact) mass is 355 g/mol. The molecule has 5 nitrogen and oxygen atoms in total. The Hall–Kier alpha value is -1.17. The van der Waals surface area contributed by atoms with Crippen molar-refractivity contribution in [3.63, 3.8) is 0 Å². The summed E-state index contributed by atoms with van der Waals surface area (Å²) in [5.74, 6) is 0. The van der Waals surface area contributed by atoms with Gasteiger partial charge in [-0.25, -0.2) is 9.78 Å². The fourth-order valence-electron chi connectivity index (χ4n) is 2.48. The molecule has 1 saturated heterocycles.